The number of aromatic nitrogens is 3. The van der Waals surface area contributed by atoms with Gasteiger partial charge in [-0.05, 0) is 31.0 Å². The van der Waals surface area contributed by atoms with Gasteiger partial charge < -0.3 is 20.8 Å². The summed E-state index contributed by atoms with van der Waals surface area (Å²) in [4.78, 5) is 31.7. The Balaban J connectivity index is 1.59. The van der Waals surface area contributed by atoms with Crippen molar-refractivity contribution in [2.24, 2.45) is 0 Å². The summed E-state index contributed by atoms with van der Waals surface area (Å²) in [5.41, 5.74) is 5.54. The number of carbonyl (C=O) groups excluding carboxylic acids is 2. The van der Waals surface area contributed by atoms with Crippen LogP contribution in [0.15, 0.2) is 36.8 Å². The van der Waals surface area contributed by atoms with Crippen molar-refractivity contribution in [1.82, 2.24) is 19.7 Å². The molecule has 2 amide bonds. The van der Waals surface area contributed by atoms with Gasteiger partial charge in [-0.1, -0.05) is 0 Å². The van der Waals surface area contributed by atoms with E-state index < -0.39 is 23.6 Å². The van der Waals surface area contributed by atoms with Crippen molar-refractivity contribution in [3.8, 4) is 11.1 Å². The van der Waals surface area contributed by atoms with Gasteiger partial charge in [0.25, 0.3) is 0 Å². The second kappa shape index (κ2) is 7.32. The highest BCUT2D eigenvalue weighted by molar-refractivity contribution is 5.97. The number of amides is 2. The molecule has 4 heterocycles. The van der Waals surface area contributed by atoms with Crippen molar-refractivity contribution in [1.29, 1.82) is 0 Å². The zero-order valence-corrected chi connectivity index (χ0v) is 15.5. The third-order valence-corrected chi connectivity index (χ3v) is 4.81. The van der Waals surface area contributed by atoms with E-state index in [0.29, 0.717) is 30.5 Å². The molecule has 3 aromatic rings. The number of hydrogen-bond acceptors (Lipinski definition) is 5. The largest absolute Gasteiger partial charge is 0.419 e. The van der Waals surface area contributed by atoms with E-state index in [-0.39, 0.29) is 23.2 Å². The number of alkyl halides is 3. The van der Waals surface area contributed by atoms with Crippen molar-refractivity contribution in [2.75, 3.05) is 11.1 Å². The summed E-state index contributed by atoms with van der Waals surface area (Å²) in [6, 6.07) is 3.53. The summed E-state index contributed by atoms with van der Waals surface area (Å²) in [7, 11) is 0. The Morgan fingerprint density at radius 3 is 2.80 bits per heavy atom. The smallest absolute Gasteiger partial charge is 0.383 e. The predicted molar refractivity (Wildman–Crippen MR) is 102 cm³/mol. The molecular formula is C19H17F3N6O2. The van der Waals surface area contributed by atoms with Gasteiger partial charge in [0.1, 0.15) is 17.5 Å². The number of piperidine rings is 1. The molecule has 0 aliphatic carbocycles. The van der Waals surface area contributed by atoms with Crippen molar-refractivity contribution in [2.45, 2.75) is 31.5 Å². The second-order valence-electron chi connectivity index (χ2n) is 6.97. The number of rotatable bonds is 3. The Bertz CT molecular complexity index is 1140. The maximum absolute atomic E-state index is 13.1. The van der Waals surface area contributed by atoms with Gasteiger partial charge in [-0.25, -0.2) is 9.97 Å². The van der Waals surface area contributed by atoms with Crippen molar-refractivity contribution >= 4 is 29.1 Å². The van der Waals surface area contributed by atoms with Crippen LogP contribution in [-0.2, 0) is 15.8 Å². The van der Waals surface area contributed by atoms with Crippen LogP contribution in [0.4, 0.5) is 24.8 Å². The summed E-state index contributed by atoms with van der Waals surface area (Å²) >= 11 is 0. The highest BCUT2D eigenvalue weighted by atomic mass is 19.4. The van der Waals surface area contributed by atoms with Crippen molar-refractivity contribution < 1.29 is 22.8 Å². The van der Waals surface area contributed by atoms with E-state index in [4.69, 9.17) is 5.73 Å². The van der Waals surface area contributed by atoms with E-state index >= 15 is 0 Å². The fraction of sp³-hybridized carbons (Fsp3) is 0.263. The number of nitrogen functional groups attached to an aromatic ring is 1. The van der Waals surface area contributed by atoms with E-state index in [1.54, 1.807) is 22.7 Å². The van der Waals surface area contributed by atoms with Crippen LogP contribution in [-0.4, -0.2) is 32.2 Å². The molecule has 0 saturated carbocycles. The lowest BCUT2D eigenvalue weighted by Gasteiger charge is -2.21. The number of carbonyl (C=O) groups is 2. The number of anilines is 2. The first-order valence-electron chi connectivity index (χ1n) is 9.13. The molecule has 156 valence electrons. The lowest BCUT2D eigenvalue weighted by Crippen LogP contribution is -2.46. The average Bonchev–Trinajstić information content (AvgIpc) is 3.08. The Morgan fingerprint density at radius 1 is 1.27 bits per heavy atom. The van der Waals surface area contributed by atoms with Gasteiger partial charge in [-0.15, -0.1) is 0 Å². The molecule has 0 radical (unpaired) electrons. The van der Waals surface area contributed by atoms with Gasteiger partial charge in [-0.3, -0.25) is 9.59 Å². The van der Waals surface area contributed by atoms with Crippen LogP contribution < -0.4 is 16.4 Å². The summed E-state index contributed by atoms with van der Waals surface area (Å²) < 4.78 is 40.9. The molecule has 0 spiro atoms. The zero-order valence-electron chi connectivity index (χ0n) is 15.5. The Hall–Kier alpha value is -3.63. The van der Waals surface area contributed by atoms with Gasteiger partial charge in [0, 0.05) is 29.9 Å². The maximum atomic E-state index is 13.1. The molecule has 8 nitrogen and oxygen atoms in total. The standard InChI is InChI=1S/C19H17F3N6O2/c20-19(21,22)12-6-11(7-24-17(12)23)10-4-5-15-26-14(9-28(15)8-10)27-18(30)13-2-1-3-16(29)25-13/h4-9,13H,1-3H2,(H2,23,24)(H,25,29)(H,27,30). The molecule has 3 aromatic heterocycles. The molecule has 4 N–H and O–H groups in total. The van der Waals surface area contributed by atoms with Crippen LogP contribution in [0.3, 0.4) is 0 Å². The highest BCUT2D eigenvalue weighted by Crippen LogP contribution is 2.35. The van der Waals surface area contributed by atoms with Crippen LogP contribution in [0.2, 0.25) is 0 Å². The molecule has 30 heavy (non-hydrogen) atoms. The first kappa shape index (κ1) is 19.7. The number of fused-ring (bicyclic) bond motifs is 1. The molecular weight excluding hydrogens is 401 g/mol. The van der Waals surface area contributed by atoms with E-state index in [9.17, 15) is 22.8 Å². The maximum Gasteiger partial charge on any atom is 0.419 e. The summed E-state index contributed by atoms with van der Waals surface area (Å²) in [6.07, 6.45) is 1.34. The molecule has 1 atom stereocenters. The number of halogens is 3. The Kier molecular flexibility index (Phi) is 4.80. The van der Waals surface area contributed by atoms with Gasteiger partial charge in [0.15, 0.2) is 5.82 Å². The normalized spacial score (nSPS) is 17.0. The van der Waals surface area contributed by atoms with Gasteiger partial charge in [0.05, 0.1) is 11.8 Å². The highest BCUT2D eigenvalue weighted by Gasteiger charge is 2.34. The number of hydrogen-bond donors (Lipinski definition) is 3. The van der Waals surface area contributed by atoms with Gasteiger partial charge in [0.2, 0.25) is 11.8 Å². The number of imidazole rings is 1. The predicted octanol–water partition coefficient (Wildman–Crippen LogP) is 2.60. The second-order valence-corrected chi connectivity index (χ2v) is 6.97. The third kappa shape index (κ3) is 3.91. The molecule has 0 bridgehead atoms. The quantitative estimate of drug-likeness (QED) is 0.605. The first-order chi connectivity index (χ1) is 14.2. The van der Waals surface area contributed by atoms with Crippen LogP contribution in [0.25, 0.3) is 16.8 Å². The molecule has 1 aliphatic rings. The number of nitrogens with zero attached hydrogens (tertiary/aromatic N) is 3. The van der Waals surface area contributed by atoms with Crippen LogP contribution in [0, 0.1) is 0 Å². The molecule has 1 fully saturated rings. The van der Waals surface area contributed by atoms with E-state index in [0.717, 1.165) is 6.07 Å². The molecule has 11 heteroatoms. The fourth-order valence-corrected chi connectivity index (χ4v) is 3.30. The van der Waals surface area contributed by atoms with Gasteiger partial charge >= 0.3 is 6.18 Å². The van der Waals surface area contributed by atoms with Crippen LogP contribution >= 0.6 is 0 Å². The molecule has 4 rings (SSSR count). The number of nitrogens with two attached hydrogens (primary N) is 1. The van der Waals surface area contributed by atoms with Crippen LogP contribution in [0.1, 0.15) is 24.8 Å². The topological polar surface area (TPSA) is 114 Å². The number of nitrogens with one attached hydrogen (secondary N) is 2. The summed E-state index contributed by atoms with van der Waals surface area (Å²) in [5, 5.41) is 5.28. The van der Waals surface area contributed by atoms with Gasteiger partial charge in [-0.2, -0.15) is 13.2 Å². The zero-order chi connectivity index (χ0) is 21.5. The molecule has 1 unspecified atom stereocenters. The lowest BCUT2D eigenvalue weighted by atomic mass is 10.0. The lowest BCUT2D eigenvalue weighted by molar-refractivity contribution is -0.137. The Labute approximate surface area is 168 Å². The molecule has 1 aliphatic heterocycles. The van der Waals surface area contributed by atoms with Crippen molar-refractivity contribution in [3.05, 3.63) is 42.4 Å². The minimum Gasteiger partial charge on any atom is -0.383 e. The van der Waals surface area contributed by atoms with E-state index in [1.165, 1.54) is 12.4 Å². The minimum atomic E-state index is -4.61. The summed E-state index contributed by atoms with van der Waals surface area (Å²) in [5.74, 6) is -0.862. The monoisotopic (exact) mass is 418 g/mol. The fourth-order valence-electron chi connectivity index (χ4n) is 3.30. The Morgan fingerprint density at radius 2 is 2.07 bits per heavy atom. The molecule has 1 saturated heterocycles. The van der Waals surface area contributed by atoms with E-state index in [2.05, 4.69) is 20.6 Å². The number of pyridine rings is 2. The van der Waals surface area contributed by atoms with E-state index in [1.807, 2.05) is 0 Å². The van der Waals surface area contributed by atoms with Crippen LogP contribution in [0.5, 0.6) is 0 Å². The summed E-state index contributed by atoms with van der Waals surface area (Å²) in [6.45, 7) is 0. The molecule has 0 aromatic carbocycles. The third-order valence-electron chi connectivity index (χ3n) is 4.81. The minimum absolute atomic E-state index is 0.170. The average molecular weight is 418 g/mol. The van der Waals surface area contributed by atoms with Crippen molar-refractivity contribution in [3.63, 3.8) is 0 Å². The SMILES string of the molecule is Nc1ncc(-c2ccc3nc(NC(=O)C4CCCC(=O)N4)cn3c2)cc1C(F)(F)F. The first-order valence-corrected chi connectivity index (χ1v) is 9.13.